The van der Waals surface area contributed by atoms with Crippen molar-refractivity contribution in [3.63, 3.8) is 0 Å². The van der Waals surface area contributed by atoms with Crippen molar-refractivity contribution in [3.05, 3.63) is 65.2 Å². The van der Waals surface area contributed by atoms with Gasteiger partial charge in [-0.25, -0.2) is 9.67 Å². The van der Waals surface area contributed by atoms with Gasteiger partial charge in [0.15, 0.2) is 5.82 Å². The topological polar surface area (TPSA) is 119 Å². The Morgan fingerprint density at radius 3 is 2.63 bits per heavy atom. The van der Waals surface area contributed by atoms with Crippen LogP contribution in [0, 0.1) is 5.53 Å². The number of carbonyl (C=O) groups excluding carboxylic acids is 1. The van der Waals surface area contributed by atoms with Gasteiger partial charge in [0.1, 0.15) is 17.6 Å². The lowest BCUT2D eigenvalue weighted by atomic mass is 10.2. The fourth-order valence-electron chi connectivity index (χ4n) is 2.38. The lowest BCUT2D eigenvalue weighted by molar-refractivity contribution is -0.274. The number of anilines is 1. The highest BCUT2D eigenvalue weighted by Crippen LogP contribution is 2.24. The second-order valence-electron chi connectivity index (χ2n) is 5.70. The molecule has 0 saturated carbocycles. The highest BCUT2D eigenvalue weighted by Gasteiger charge is 2.31. The first kappa shape index (κ1) is 21.0. The molecule has 9 nitrogen and oxygen atoms in total. The molecule has 3 rings (SSSR count). The van der Waals surface area contributed by atoms with E-state index in [1.165, 1.54) is 47.4 Å². The van der Waals surface area contributed by atoms with Gasteiger partial charge in [-0.2, -0.15) is 0 Å². The number of hydrogen-bond acceptors (Lipinski definition) is 6. The lowest BCUT2D eigenvalue weighted by Crippen LogP contribution is -2.17. The number of carbonyl (C=O) groups is 1. The molecule has 0 saturated heterocycles. The van der Waals surface area contributed by atoms with Crippen LogP contribution in [0.15, 0.2) is 53.9 Å². The first-order chi connectivity index (χ1) is 14.2. The minimum Gasteiger partial charge on any atom is -0.406 e. The van der Waals surface area contributed by atoms with E-state index in [0.29, 0.717) is 17.2 Å². The van der Waals surface area contributed by atoms with Crippen molar-refractivity contribution in [2.45, 2.75) is 12.9 Å². The highest BCUT2D eigenvalue weighted by molar-refractivity contribution is 6.34. The number of benzene rings is 2. The Kier molecular flexibility index (Phi) is 6.09. The first-order valence-corrected chi connectivity index (χ1v) is 8.55. The molecule has 1 heterocycles. The summed E-state index contributed by atoms with van der Waals surface area (Å²) in [5.41, 5.74) is 7.78. The molecule has 13 heteroatoms. The van der Waals surface area contributed by atoms with Gasteiger partial charge in [0, 0.05) is 5.69 Å². The minimum absolute atomic E-state index is 0.110. The molecule has 0 fully saturated rings. The molecule has 2 aromatic carbocycles. The third-order valence-corrected chi connectivity index (χ3v) is 3.98. The molecule has 154 valence electrons. The molecule has 0 atom stereocenters. The molecule has 0 spiro atoms. The van der Waals surface area contributed by atoms with E-state index in [0.717, 1.165) is 0 Å². The summed E-state index contributed by atoms with van der Waals surface area (Å²) in [6, 6.07) is 9.71. The third kappa shape index (κ3) is 5.40. The van der Waals surface area contributed by atoms with Gasteiger partial charge in [-0.3, -0.25) is 4.79 Å². The van der Waals surface area contributed by atoms with E-state index >= 15 is 0 Å². The van der Waals surface area contributed by atoms with E-state index in [1.807, 2.05) is 0 Å². The molecule has 0 aliphatic rings. The van der Waals surface area contributed by atoms with Crippen LogP contribution in [0.2, 0.25) is 5.02 Å². The molecule has 30 heavy (non-hydrogen) atoms. The molecule has 1 amide bonds. The van der Waals surface area contributed by atoms with E-state index in [9.17, 15) is 18.0 Å². The summed E-state index contributed by atoms with van der Waals surface area (Å²) in [5, 5.41) is 10.5. The summed E-state index contributed by atoms with van der Waals surface area (Å²) in [7, 11) is 0. The molecule has 0 aliphatic carbocycles. The monoisotopic (exact) mass is 438 g/mol. The average Bonchev–Trinajstić information content (AvgIpc) is 3.15. The van der Waals surface area contributed by atoms with Crippen LogP contribution in [0.3, 0.4) is 0 Å². The van der Waals surface area contributed by atoms with E-state index in [-0.39, 0.29) is 22.9 Å². The van der Waals surface area contributed by atoms with Crippen LogP contribution in [0.25, 0.3) is 5.69 Å². The summed E-state index contributed by atoms with van der Waals surface area (Å²) in [6.45, 7) is 0.221. The van der Waals surface area contributed by atoms with Gasteiger partial charge in [0.2, 0.25) is 10.0 Å². The van der Waals surface area contributed by atoms with Crippen LogP contribution in [0.5, 0.6) is 5.75 Å². The minimum atomic E-state index is -4.76. The van der Waals surface area contributed by atoms with E-state index in [2.05, 4.69) is 30.2 Å². The number of alkyl halides is 3. The van der Waals surface area contributed by atoms with Crippen molar-refractivity contribution < 1.29 is 22.7 Å². The van der Waals surface area contributed by atoms with Crippen LogP contribution in [-0.4, -0.2) is 27.0 Å². The quantitative estimate of drug-likeness (QED) is 0.443. The average molecular weight is 439 g/mol. The van der Waals surface area contributed by atoms with E-state index in [4.69, 9.17) is 17.1 Å². The lowest BCUT2D eigenvalue weighted by Gasteiger charge is -2.09. The molecule has 2 N–H and O–H groups in total. The highest BCUT2D eigenvalue weighted by atomic mass is 35.5. The number of halogens is 4. The third-order valence-electron chi connectivity index (χ3n) is 3.67. The van der Waals surface area contributed by atoms with Crippen LogP contribution in [-0.2, 0) is 6.54 Å². The zero-order valence-corrected chi connectivity index (χ0v) is 15.6. The normalized spacial score (nSPS) is 10.9. The largest absolute Gasteiger partial charge is 0.573 e. The van der Waals surface area contributed by atoms with Gasteiger partial charge < -0.3 is 10.1 Å². The molecule has 0 aliphatic heterocycles. The Morgan fingerprint density at radius 1 is 1.27 bits per heavy atom. The standard InChI is InChI=1S/C17H11ClF3N7O2/c18-14-7-10(1-6-13(14)16(29)25-27-22)23-8-15-24-9-28(26-15)11-2-4-12(5-3-11)30-17(19,20)21/h1-7,9,22H,8H2/p+1. The maximum absolute atomic E-state index is 12.2. The van der Waals surface area contributed by atoms with Crippen LogP contribution >= 0.6 is 11.6 Å². The number of rotatable bonds is 6. The molecular weight excluding hydrogens is 427 g/mol. The zero-order valence-electron chi connectivity index (χ0n) is 14.9. The summed E-state index contributed by atoms with van der Waals surface area (Å²) < 4.78 is 41.9. The second kappa shape index (κ2) is 8.72. The number of nitrogens with zero attached hydrogens (tertiary/aromatic N) is 5. The Bertz CT molecular complexity index is 1110. The number of hydrogen-bond donors (Lipinski definition) is 2. The summed E-state index contributed by atoms with van der Waals surface area (Å²) in [4.78, 5) is 18.4. The Balaban J connectivity index is 1.64. The van der Waals surface area contributed by atoms with Crippen LogP contribution < -0.4 is 15.0 Å². The number of aromatic nitrogens is 3. The maximum Gasteiger partial charge on any atom is 0.573 e. The fraction of sp³-hybridized carbons (Fsp3) is 0.118. The van der Waals surface area contributed by atoms with E-state index in [1.54, 1.807) is 6.07 Å². The predicted octanol–water partition coefficient (Wildman–Crippen LogP) is 4.12. The van der Waals surface area contributed by atoms with Gasteiger partial charge in [-0.15, -0.1) is 18.3 Å². The van der Waals surface area contributed by atoms with Crippen LogP contribution in [0.4, 0.5) is 18.9 Å². The number of amides is 1. The zero-order chi connectivity index (χ0) is 21.7. The van der Waals surface area contributed by atoms with Gasteiger partial charge in [-0.05, 0) is 42.5 Å². The summed E-state index contributed by atoms with van der Waals surface area (Å²) in [6.07, 6.45) is -3.34. The number of nitrogens with one attached hydrogen (secondary N) is 2. The van der Waals surface area contributed by atoms with Crippen molar-refractivity contribution in [2.75, 3.05) is 5.32 Å². The first-order valence-electron chi connectivity index (χ1n) is 8.17. The molecule has 1 aromatic heterocycles. The fourth-order valence-corrected chi connectivity index (χ4v) is 2.64. The van der Waals surface area contributed by atoms with Gasteiger partial charge in [0.05, 0.1) is 22.8 Å². The molecule has 0 unspecified atom stereocenters. The van der Waals surface area contributed by atoms with Crippen molar-refractivity contribution in [1.29, 1.82) is 5.53 Å². The van der Waals surface area contributed by atoms with Crippen molar-refractivity contribution in [3.8, 4) is 11.4 Å². The molecule has 0 bridgehead atoms. The van der Waals surface area contributed by atoms with Crippen LogP contribution in [0.1, 0.15) is 16.2 Å². The SMILES string of the molecule is N=[N+]=NC(=O)c1ccc(NCc2ncn(-c3ccc(OC(F)(F)F)cc3)n2)cc1Cl. The molecule has 0 radical (unpaired) electrons. The smallest absolute Gasteiger partial charge is 0.406 e. The molecule has 3 aromatic rings. The van der Waals surface area contributed by atoms with Gasteiger partial charge in [0.25, 0.3) is 0 Å². The van der Waals surface area contributed by atoms with Crippen molar-refractivity contribution >= 4 is 23.2 Å². The number of ether oxygens (including phenoxy) is 1. The van der Waals surface area contributed by atoms with Gasteiger partial charge in [-0.1, -0.05) is 11.6 Å². The Morgan fingerprint density at radius 2 is 2.00 bits per heavy atom. The van der Waals surface area contributed by atoms with Gasteiger partial charge >= 0.3 is 12.3 Å². The Labute approximate surface area is 171 Å². The summed E-state index contributed by atoms with van der Waals surface area (Å²) in [5.74, 6) is -0.658. The maximum atomic E-state index is 12.2. The van der Waals surface area contributed by atoms with Crippen molar-refractivity contribution in [2.24, 2.45) is 5.11 Å². The molecular formula is C17H12ClF3N7O2+. The Hall–Kier alpha value is -3.76. The summed E-state index contributed by atoms with van der Waals surface area (Å²) >= 11 is 6.04. The van der Waals surface area contributed by atoms with E-state index < -0.39 is 12.3 Å². The second-order valence-corrected chi connectivity index (χ2v) is 6.11. The van der Waals surface area contributed by atoms with Crippen molar-refractivity contribution in [1.82, 2.24) is 19.7 Å². The predicted molar refractivity (Wildman–Crippen MR) is 98.4 cm³/mol.